The van der Waals surface area contributed by atoms with Crippen LogP contribution in [-0.4, -0.2) is 5.67 Å². The van der Waals surface area contributed by atoms with E-state index in [-0.39, 0.29) is 6.42 Å². The summed E-state index contributed by atoms with van der Waals surface area (Å²) in [5.41, 5.74) is -0.388. The number of alkyl halides is 2. The van der Waals surface area contributed by atoms with E-state index in [1.54, 1.807) is 18.2 Å². The van der Waals surface area contributed by atoms with E-state index < -0.39 is 11.8 Å². The van der Waals surface area contributed by atoms with E-state index in [9.17, 15) is 8.78 Å². The maximum atomic E-state index is 13.4. The molecule has 0 bridgehead atoms. The molecule has 0 nitrogen and oxygen atoms in total. The van der Waals surface area contributed by atoms with Gasteiger partial charge in [0.1, 0.15) is 5.67 Å². The fourth-order valence-corrected chi connectivity index (χ4v) is 1.73. The molecule has 0 heterocycles. The van der Waals surface area contributed by atoms with Gasteiger partial charge in [-0.3, -0.25) is 0 Å². The fourth-order valence-electron chi connectivity index (χ4n) is 1.73. The number of fused-ring (bicyclic) bond motifs is 1. The van der Waals surface area contributed by atoms with Gasteiger partial charge in [-0.15, -0.1) is 0 Å². The Bertz CT molecular complexity index is 304. The highest BCUT2D eigenvalue weighted by atomic mass is 19.2. The second-order valence-corrected chi connectivity index (χ2v) is 3.52. The summed E-state index contributed by atoms with van der Waals surface area (Å²) in [6.45, 7) is 1.32. The lowest BCUT2D eigenvalue weighted by atomic mass is 10.0. The van der Waals surface area contributed by atoms with Gasteiger partial charge in [0, 0.05) is 6.42 Å². The average Bonchev–Trinajstić information content (AvgIpc) is 2.24. The predicted molar refractivity (Wildman–Crippen MR) is 43.5 cm³/mol. The average molecular weight is 168 g/mol. The van der Waals surface area contributed by atoms with Crippen molar-refractivity contribution in [3.63, 3.8) is 0 Å². The largest absolute Gasteiger partial charge is 0.240 e. The first-order valence-corrected chi connectivity index (χ1v) is 4.02. The van der Waals surface area contributed by atoms with E-state index in [2.05, 4.69) is 0 Å². The first-order chi connectivity index (χ1) is 5.61. The van der Waals surface area contributed by atoms with Gasteiger partial charge in [-0.2, -0.15) is 0 Å². The fraction of sp³-hybridized carbons (Fsp3) is 0.400. The molecule has 0 fully saturated rings. The highest BCUT2D eigenvalue weighted by Gasteiger charge is 2.43. The molecule has 0 amide bonds. The number of hydrogen-bond donors (Lipinski definition) is 0. The van der Waals surface area contributed by atoms with E-state index in [1.165, 1.54) is 6.92 Å². The van der Waals surface area contributed by atoms with Crippen LogP contribution in [0.2, 0.25) is 0 Å². The smallest absolute Gasteiger partial charge is 0.159 e. The summed E-state index contributed by atoms with van der Waals surface area (Å²) >= 11 is 0. The molecule has 0 saturated heterocycles. The van der Waals surface area contributed by atoms with E-state index in [4.69, 9.17) is 0 Å². The lowest BCUT2D eigenvalue weighted by molar-refractivity contribution is 0.0844. The topological polar surface area (TPSA) is 0 Å². The van der Waals surface area contributed by atoms with Gasteiger partial charge >= 0.3 is 0 Å². The Morgan fingerprint density at radius 1 is 1.42 bits per heavy atom. The monoisotopic (exact) mass is 168 g/mol. The van der Waals surface area contributed by atoms with Crippen LogP contribution in [0.25, 0.3) is 0 Å². The van der Waals surface area contributed by atoms with Gasteiger partial charge in [0.05, 0.1) is 0 Å². The molecule has 0 aliphatic heterocycles. The van der Waals surface area contributed by atoms with Gasteiger partial charge in [-0.05, 0) is 18.1 Å². The van der Waals surface area contributed by atoms with Crippen LogP contribution in [0.15, 0.2) is 24.3 Å². The SMILES string of the molecule is CC1(F)Cc2ccccc2C1F. The molecule has 1 aromatic carbocycles. The van der Waals surface area contributed by atoms with Crippen molar-refractivity contribution in [1.82, 2.24) is 0 Å². The predicted octanol–water partition coefficient (Wildman–Crippen LogP) is 2.98. The minimum atomic E-state index is -1.70. The zero-order valence-corrected chi connectivity index (χ0v) is 6.85. The lowest BCUT2D eigenvalue weighted by Crippen LogP contribution is -2.20. The van der Waals surface area contributed by atoms with Crippen molar-refractivity contribution in [2.75, 3.05) is 0 Å². The van der Waals surface area contributed by atoms with Gasteiger partial charge in [0.15, 0.2) is 6.17 Å². The molecule has 0 spiro atoms. The Labute approximate surface area is 70.2 Å². The number of halogens is 2. The normalized spacial score (nSPS) is 33.4. The first-order valence-electron chi connectivity index (χ1n) is 4.02. The van der Waals surface area contributed by atoms with Gasteiger partial charge in [-0.25, -0.2) is 8.78 Å². The van der Waals surface area contributed by atoms with Crippen LogP contribution in [0.1, 0.15) is 24.2 Å². The molecule has 2 unspecified atom stereocenters. The van der Waals surface area contributed by atoms with Crippen molar-refractivity contribution in [2.24, 2.45) is 0 Å². The molecule has 2 atom stereocenters. The minimum absolute atomic E-state index is 0.199. The van der Waals surface area contributed by atoms with Crippen molar-refractivity contribution >= 4 is 0 Å². The summed E-state index contributed by atoms with van der Waals surface area (Å²) in [6.07, 6.45) is -1.25. The van der Waals surface area contributed by atoms with Gasteiger partial charge in [0.25, 0.3) is 0 Å². The van der Waals surface area contributed by atoms with Crippen LogP contribution < -0.4 is 0 Å². The summed E-state index contributed by atoms with van der Waals surface area (Å²) in [5.74, 6) is 0. The molecular weight excluding hydrogens is 158 g/mol. The number of hydrogen-bond acceptors (Lipinski definition) is 0. The van der Waals surface area contributed by atoms with Crippen molar-refractivity contribution in [3.05, 3.63) is 35.4 Å². The highest BCUT2D eigenvalue weighted by molar-refractivity contribution is 5.37. The molecule has 0 radical (unpaired) electrons. The lowest BCUT2D eigenvalue weighted by Gasteiger charge is -2.15. The zero-order valence-electron chi connectivity index (χ0n) is 6.85. The van der Waals surface area contributed by atoms with Crippen molar-refractivity contribution in [1.29, 1.82) is 0 Å². The summed E-state index contributed by atoms with van der Waals surface area (Å²) < 4.78 is 26.7. The summed E-state index contributed by atoms with van der Waals surface area (Å²) in [6, 6.07) is 7.00. The summed E-state index contributed by atoms with van der Waals surface area (Å²) in [4.78, 5) is 0. The Hall–Kier alpha value is -0.920. The van der Waals surface area contributed by atoms with E-state index in [1.807, 2.05) is 6.07 Å². The first kappa shape index (κ1) is 7.71. The molecule has 2 heteroatoms. The van der Waals surface area contributed by atoms with Gasteiger partial charge in [0.2, 0.25) is 0 Å². The standard InChI is InChI=1S/C10H10F2/c1-10(12)6-7-4-2-3-5-8(7)9(10)11/h2-5,9H,6H2,1H3. The van der Waals surface area contributed by atoms with Crippen LogP contribution in [-0.2, 0) is 6.42 Å². The Morgan fingerprint density at radius 2 is 2.08 bits per heavy atom. The molecular formula is C10H10F2. The Kier molecular flexibility index (Phi) is 1.47. The quantitative estimate of drug-likeness (QED) is 0.558. The molecule has 0 aromatic heterocycles. The van der Waals surface area contributed by atoms with Crippen LogP contribution in [0.4, 0.5) is 8.78 Å². The van der Waals surface area contributed by atoms with Crippen molar-refractivity contribution in [2.45, 2.75) is 25.2 Å². The Balaban J connectivity index is 2.49. The molecule has 64 valence electrons. The molecule has 1 aliphatic carbocycles. The van der Waals surface area contributed by atoms with E-state index in [0.717, 1.165) is 5.56 Å². The van der Waals surface area contributed by atoms with Crippen LogP contribution in [0, 0.1) is 0 Å². The second kappa shape index (κ2) is 2.28. The van der Waals surface area contributed by atoms with Crippen molar-refractivity contribution in [3.8, 4) is 0 Å². The maximum absolute atomic E-state index is 13.4. The van der Waals surface area contributed by atoms with Gasteiger partial charge < -0.3 is 0 Å². The van der Waals surface area contributed by atoms with E-state index in [0.29, 0.717) is 5.56 Å². The van der Waals surface area contributed by atoms with Crippen LogP contribution in [0.3, 0.4) is 0 Å². The molecule has 12 heavy (non-hydrogen) atoms. The van der Waals surface area contributed by atoms with E-state index >= 15 is 0 Å². The van der Waals surface area contributed by atoms with Crippen LogP contribution in [0.5, 0.6) is 0 Å². The third kappa shape index (κ3) is 0.942. The maximum Gasteiger partial charge on any atom is 0.159 e. The zero-order chi connectivity index (χ0) is 8.77. The number of rotatable bonds is 0. The second-order valence-electron chi connectivity index (χ2n) is 3.52. The molecule has 1 aromatic rings. The number of benzene rings is 1. The minimum Gasteiger partial charge on any atom is -0.240 e. The molecule has 1 aliphatic rings. The molecule has 2 rings (SSSR count). The third-order valence-electron chi connectivity index (χ3n) is 2.39. The molecule has 0 N–H and O–H groups in total. The Morgan fingerprint density at radius 3 is 2.75 bits per heavy atom. The summed E-state index contributed by atoms with van der Waals surface area (Å²) in [5, 5.41) is 0. The highest BCUT2D eigenvalue weighted by Crippen LogP contribution is 2.43. The van der Waals surface area contributed by atoms with Crippen LogP contribution >= 0.6 is 0 Å². The molecule has 0 saturated carbocycles. The van der Waals surface area contributed by atoms with Gasteiger partial charge in [-0.1, -0.05) is 24.3 Å². The third-order valence-corrected chi connectivity index (χ3v) is 2.39. The van der Waals surface area contributed by atoms with Crippen molar-refractivity contribution < 1.29 is 8.78 Å². The summed E-state index contributed by atoms with van der Waals surface area (Å²) in [7, 11) is 0.